The van der Waals surface area contributed by atoms with E-state index in [-0.39, 0.29) is 6.04 Å². The van der Waals surface area contributed by atoms with Gasteiger partial charge in [-0.3, -0.25) is 0 Å². The van der Waals surface area contributed by atoms with E-state index < -0.39 is 0 Å². The van der Waals surface area contributed by atoms with Crippen LogP contribution in [0, 0.1) is 6.92 Å². The lowest BCUT2D eigenvalue weighted by Gasteiger charge is -2.09. The van der Waals surface area contributed by atoms with Gasteiger partial charge in [0.25, 0.3) is 0 Å². The van der Waals surface area contributed by atoms with E-state index in [2.05, 4.69) is 36.3 Å². The molecule has 0 fully saturated rings. The van der Waals surface area contributed by atoms with Crippen molar-refractivity contribution in [2.75, 3.05) is 0 Å². The third kappa shape index (κ3) is 2.14. The minimum Gasteiger partial charge on any atom is -0.324 e. The van der Waals surface area contributed by atoms with E-state index in [1.807, 2.05) is 24.0 Å². The summed E-state index contributed by atoms with van der Waals surface area (Å²) < 4.78 is 1.87. The van der Waals surface area contributed by atoms with Crippen LogP contribution >= 0.6 is 0 Å². The SMILES string of the molecule is CC[C@@H](N)c1ccc(-n2cc(C)cn2)cc1. The predicted molar refractivity (Wildman–Crippen MR) is 65.5 cm³/mol. The number of aromatic nitrogens is 2. The molecule has 0 amide bonds. The van der Waals surface area contributed by atoms with Gasteiger partial charge in [0.15, 0.2) is 0 Å². The van der Waals surface area contributed by atoms with Gasteiger partial charge in [-0.15, -0.1) is 0 Å². The van der Waals surface area contributed by atoms with E-state index in [0.29, 0.717) is 0 Å². The van der Waals surface area contributed by atoms with Gasteiger partial charge < -0.3 is 5.73 Å². The Hall–Kier alpha value is -1.61. The van der Waals surface area contributed by atoms with Gasteiger partial charge >= 0.3 is 0 Å². The lowest BCUT2D eigenvalue weighted by atomic mass is 10.1. The second-order valence-corrected chi connectivity index (χ2v) is 4.07. The third-order valence-electron chi connectivity index (χ3n) is 2.74. The number of hydrogen-bond acceptors (Lipinski definition) is 2. The Bertz CT molecular complexity index is 456. The summed E-state index contributed by atoms with van der Waals surface area (Å²) in [5.74, 6) is 0. The van der Waals surface area contributed by atoms with Crippen LogP contribution in [-0.4, -0.2) is 9.78 Å². The zero-order valence-electron chi connectivity index (χ0n) is 9.72. The highest BCUT2D eigenvalue weighted by molar-refractivity contribution is 5.35. The summed E-state index contributed by atoms with van der Waals surface area (Å²) in [4.78, 5) is 0. The van der Waals surface area contributed by atoms with Crippen LogP contribution in [0.1, 0.15) is 30.5 Å². The highest BCUT2D eigenvalue weighted by atomic mass is 15.3. The number of hydrogen-bond donors (Lipinski definition) is 1. The summed E-state index contributed by atoms with van der Waals surface area (Å²) in [5, 5.41) is 4.27. The molecule has 16 heavy (non-hydrogen) atoms. The van der Waals surface area contributed by atoms with E-state index >= 15 is 0 Å². The molecule has 2 aromatic rings. The van der Waals surface area contributed by atoms with Crippen LogP contribution < -0.4 is 5.73 Å². The quantitative estimate of drug-likeness (QED) is 0.855. The van der Waals surface area contributed by atoms with Crippen molar-refractivity contribution in [1.29, 1.82) is 0 Å². The number of rotatable bonds is 3. The third-order valence-corrected chi connectivity index (χ3v) is 2.74. The summed E-state index contributed by atoms with van der Waals surface area (Å²) in [6, 6.07) is 8.38. The molecule has 1 aromatic carbocycles. The molecule has 2 N–H and O–H groups in total. The highest BCUT2D eigenvalue weighted by Crippen LogP contribution is 2.16. The minimum atomic E-state index is 0.133. The Morgan fingerprint density at radius 1 is 1.31 bits per heavy atom. The molecular formula is C13H17N3. The molecule has 0 spiro atoms. The van der Waals surface area contributed by atoms with Crippen molar-refractivity contribution < 1.29 is 0 Å². The molecule has 3 nitrogen and oxygen atoms in total. The van der Waals surface area contributed by atoms with Gasteiger partial charge in [0.05, 0.1) is 11.9 Å². The summed E-state index contributed by atoms with van der Waals surface area (Å²) in [6.07, 6.45) is 4.82. The van der Waals surface area contributed by atoms with E-state index in [9.17, 15) is 0 Å². The van der Waals surface area contributed by atoms with Gasteiger partial charge in [-0.2, -0.15) is 5.10 Å². The van der Waals surface area contributed by atoms with Gasteiger partial charge in [-0.25, -0.2) is 4.68 Å². The summed E-state index contributed by atoms with van der Waals surface area (Å²) in [5.41, 5.74) is 9.37. The minimum absolute atomic E-state index is 0.133. The highest BCUT2D eigenvalue weighted by Gasteiger charge is 2.03. The van der Waals surface area contributed by atoms with Crippen molar-refractivity contribution >= 4 is 0 Å². The monoisotopic (exact) mass is 215 g/mol. The van der Waals surface area contributed by atoms with Crippen LogP contribution in [0.4, 0.5) is 0 Å². The van der Waals surface area contributed by atoms with E-state index in [1.165, 1.54) is 5.56 Å². The van der Waals surface area contributed by atoms with Crippen LogP contribution in [0.15, 0.2) is 36.7 Å². The number of benzene rings is 1. The van der Waals surface area contributed by atoms with Gasteiger partial charge in [0.1, 0.15) is 0 Å². The van der Waals surface area contributed by atoms with Gasteiger partial charge in [-0.05, 0) is 36.6 Å². The average molecular weight is 215 g/mol. The molecule has 0 aliphatic rings. The van der Waals surface area contributed by atoms with Crippen molar-refractivity contribution in [3.05, 3.63) is 47.8 Å². The maximum atomic E-state index is 5.96. The Morgan fingerprint density at radius 3 is 2.50 bits per heavy atom. The average Bonchev–Trinajstić information content (AvgIpc) is 2.75. The van der Waals surface area contributed by atoms with Crippen molar-refractivity contribution in [2.45, 2.75) is 26.3 Å². The second-order valence-electron chi connectivity index (χ2n) is 4.07. The first-order valence-corrected chi connectivity index (χ1v) is 5.58. The largest absolute Gasteiger partial charge is 0.324 e. The zero-order valence-corrected chi connectivity index (χ0v) is 9.72. The molecule has 1 heterocycles. The molecule has 0 aliphatic carbocycles. The maximum absolute atomic E-state index is 5.96. The standard InChI is InChI=1S/C13H17N3/c1-3-13(14)11-4-6-12(7-5-11)16-9-10(2)8-15-16/h4-9,13H,3,14H2,1-2H3/t13-/m1/s1. The van der Waals surface area contributed by atoms with Crippen molar-refractivity contribution in [1.82, 2.24) is 9.78 Å². The van der Waals surface area contributed by atoms with E-state index in [1.54, 1.807) is 0 Å². The Morgan fingerprint density at radius 2 is 2.00 bits per heavy atom. The molecular weight excluding hydrogens is 198 g/mol. The summed E-state index contributed by atoms with van der Waals surface area (Å²) in [7, 11) is 0. The first-order chi connectivity index (χ1) is 7.70. The Labute approximate surface area is 95.9 Å². The fourth-order valence-electron chi connectivity index (χ4n) is 1.66. The van der Waals surface area contributed by atoms with Crippen LogP contribution in [0.3, 0.4) is 0 Å². The number of nitrogens with zero attached hydrogens (tertiary/aromatic N) is 2. The van der Waals surface area contributed by atoms with Crippen molar-refractivity contribution in [3.8, 4) is 5.69 Å². The molecule has 0 unspecified atom stereocenters. The topological polar surface area (TPSA) is 43.8 Å². The van der Waals surface area contributed by atoms with Crippen molar-refractivity contribution in [2.24, 2.45) is 5.73 Å². The Kier molecular flexibility index (Phi) is 3.06. The normalized spacial score (nSPS) is 12.7. The smallest absolute Gasteiger partial charge is 0.0645 e. The zero-order chi connectivity index (χ0) is 11.5. The lowest BCUT2D eigenvalue weighted by molar-refractivity contribution is 0.698. The molecule has 0 saturated heterocycles. The van der Waals surface area contributed by atoms with Gasteiger partial charge in [0.2, 0.25) is 0 Å². The summed E-state index contributed by atoms with van der Waals surface area (Å²) >= 11 is 0. The van der Waals surface area contributed by atoms with Crippen LogP contribution in [0.5, 0.6) is 0 Å². The summed E-state index contributed by atoms with van der Waals surface area (Å²) in [6.45, 7) is 4.13. The van der Waals surface area contributed by atoms with E-state index in [4.69, 9.17) is 5.73 Å². The van der Waals surface area contributed by atoms with Gasteiger partial charge in [-0.1, -0.05) is 19.1 Å². The van der Waals surface area contributed by atoms with E-state index in [0.717, 1.165) is 17.7 Å². The fraction of sp³-hybridized carbons (Fsp3) is 0.308. The molecule has 0 aliphatic heterocycles. The molecule has 84 valence electrons. The molecule has 0 radical (unpaired) electrons. The molecule has 1 atom stereocenters. The van der Waals surface area contributed by atoms with Crippen LogP contribution in [0.25, 0.3) is 5.69 Å². The fourth-order valence-corrected chi connectivity index (χ4v) is 1.66. The molecule has 0 saturated carbocycles. The van der Waals surface area contributed by atoms with Crippen molar-refractivity contribution in [3.63, 3.8) is 0 Å². The molecule has 3 heteroatoms. The maximum Gasteiger partial charge on any atom is 0.0645 e. The van der Waals surface area contributed by atoms with Gasteiger partial charge in [0, 0.05) is 12.2 Å². The lowest BCUT2D eigenvalue weighted by Crippen LogP contribution is -2.08. The van der Waals surface area contributed by atoms with Crippen LogP contribution in [-0.2, 0) is 0 Å². The number of nitrogens with two attached hydrogens (primary N) is 1. The first kappa shape index (κ1) is 10.9. The first-order valence-electron chi connectivity index (χ1n) is 5.58. The predicted octanol–water partition coefficient (Wildman–Crippen LogP) is 2.59. The molecule has 0 bridgehead atoms. The number of aryl methyl sites for hydroxylation is 1. The second kappa shape index (κ2) is 4.49. The Balaban J connectivity index is 2.25. The molecule has 2 rings (SSSR count). The molecule has 1 aromatic heterocycles. The van der Waals surface area contributed by atoms with Crippen LogP contribution in [0.2, 0.25) is 0 Å².